The summed E-state index contributed by atoms with van der Waals surface area (Å²) in [6.07, 6.45) is 4.09. The fourth-order valence-corrected chi connectivity index (χ4v) is 6.45. The zero-order valence-corrected chi connectivity index (χ0v) is 24.7. The van der Waals surface area contributed by atoms with E-state index in [9.17, 15) is 28.8 Å². The molecule has 1 spiro atoms. The first-order chi connectivity index (χ1) is 18.9. The predicted molar refractivity (Wildman–Crippen MR) is 150 cm³/mol. The second kappa shape index (κ2) is 14.2. The maximum Gasteiger partial charge on any atom is 0.326 e. The molecule has 1 saturated heterocycles. The lowest BCUT2D eigenvalue weighted by Gasteiger charge is -2.41. The van der Waals surface area contributed by atoms with Crippen molar-refractivity contribution in [3.63, 3.8) is 0 Å². The van der Waals surface area contributed by atoms with Gasteiger partial charge >= 0.3 is 11.9 Å². The van der Waals surface area contributed by atoms with Gasteiger partial charge < -0.3 is 30.7 Å². The average Bonchev–Trinajstić information content (AvgIpc) is 2.83. The van der Waals surface area contributed by atoms with Gasteiger partial charge in [0.05, 0.1) is 6.42 Å². The highest BCUT2D eigenvalue weighted by atomic mass is 33.1. The highest BCUT2D eigenvalue weighted by molar-refractivity contribution is 8.76. The third-order valence-electron chi connectivity index (χ3n) is 6.45. The van der Waals surface area contributed by atoms with Crippen molar-refractivity contribution in [1.29, 1.82) is 0 Å². The minimum absolute atomic E-state index is 0.0741. The summed E-state index contributed by atoms with van der Waals surface area (Å²) in [5.41, 5.74) is -1.91. The summed E-state index contributed by atoms with van der Waals surface area (Å²) in [4.78, 5) is 77.7. The van der Waals surface area contributed by atoms with Crippen molar-refractivity contribution in [2.75, 3.05) is 18.1 Å². The third kappa shape index (κ3) is 9.72. The quantitative estimate of drug-likeness (QED) is 0.208. The smallest absolute Gasteiger partial charge is 0.326 e. The zero-order chi connectivity index (χ0) is 29.3. The SMILES string of the molecule is CC(C)(C)OC(=O)CC[C@H]1NC(=O)C[C@H]2C=CCCSSC[C@@H](NC1=O)C(=O)NC1(CCC1)C(=O)NCC(=O)O2. The van der Waals surface area contributed by atoms with E-state index in [1.807, 2.05) is 0 Å². The Morgan fingerprint density at radius 1 is 1.10 bits per heavy atom. The monoisotopic (exact) mass is 598 g/mol. The lowest BCUT2D eigenvalue weighted by atomic mass is 9.75. The Morgan fingerprint density at radius 3 is 2.52 bits per heavy atom. The van der Waals surface area contributed by atoms with Gasteiger partial charge in [-0.3, -0.25) is 28.8 Å². The van der Waals surface area contributed by atoms with Crippen LogP contribution in [0, 0.1) is 0 Å². The molecule has 0 aromatic carbocycles. The van der Waals surface area contributed by atoms with Gasteiger partial charge in [0.1, 0.15) is 35.9 Å². The number of nitrogens with one attached hydrogen (secondary N) is 4. The van der Waals surface area contributed by atoms with Crippen molar-refractivity contribution in [2.24, 2.45) is 0 Å². The van der Waals surface area contributed by atoms with Crippen LogP contribution in [-0.4, -0.2) is 82.9 Å². The van der Waals surface area contributed by atoms with Crippen LogP contribution < -0.4 is 21.3 Å². The summed E-state index contributed by atoms with van der Waals surface area (Å²) >= 11 is 0. The van der Waals surface area contributed by atoms with Gasteiger partial charge in [0.25, 0.3) is 0 Å². The van der Waals surface area contributed by atoms with Gasteiger partial charge in [-0.15, -0.1) is 0 Å². The highest BCUT2D eigenvalue weighted by Gasteiger charge is 2.46. The molecule has 2 aliphatic heterocycles. The topological polar surface area (TPSA) is 169 Å². The average molecular weight is 599 g/mol. The molecule has 4 N–H and O–H groups in total. The molecule has 2 heterocycles. The van der Waals surface area contributed by atoms with E-state index in [0.29, 0.717) is 31.4 Å². The van der Waals surface area contributed by atoms with Gasteiger partial charge in [-0.25, -0.2) is 0 Å². The van der Waals surface area contributed by atoms with E-state index in [1.165, 1.54) is 21.6 Å². The molecule has 2 fully saturated rings. The number of rotatable bonds is 3. The molecule has 40 heavy (non-hydrogen) atoms. The number of amides is 4. The number of allylic oxidation sites excluding steroid dienone is 1. The third-order valence-corrected chi connectivity index (χ3v) is 8.89. The summed E-state index contributed by atoms with van der Waals surface area (Å²) < 4.78 is 10.8. The summed E-state index contributed by atoms with van der Waals surface area (Å²) in [5, 5.41) is 10.7. The molecule has 1 aliphatic carbocycles. The second-order valence-electron chi connectivity index (χ2n) is 11.0. The summed E-state index contributed by atoms with van der Waals surface area (Å²) in [5.74, 6) is -2.69. The first kappa shape index (κ1) is 31.8. The van der Waals surface area contributed by atoms with Crippen LogP contribution in [0.4, 0.5) is 0 Å². The fourth-order valence-electron chi connectivity index (χ4n) is 4.30. The molecule has 4 amide bonds. The minimum atomic E-state index is -1.19. The van der Waals surface area contributed by atoms with E-state index in [4.69, 9.17) is 9.47 Å². The van der Waals surface area contributed by atoms with E-state index in [1.54, 1.807) is 32.9 Å². The lowest BCUT2D eigenvalue weighted by Crippen LogP contribution is -2.66. The van der Waals surface area contributed by atoms with Crippen molar-refractivity contribution in [3.8, 4) is 0 Å². The number of fused-ring (bicyclic) bond motifs is 7. The molecular formula is C26H38N4O8S2. The predicted octanol–water partition coefficient (Wildman–Crippen LogP) is 0.890. The van der Waals surface area contributed by atoms with Crippen molar-refractivity contribution >= 4 is 57.2 Å². The molecule has 3 atom stereocenters. The molecule has 14 heteroatoms. The first-order valence-electron chi connectivity index (χ1n) is 13.4. The number of esters is 2. The van der Waals surface area contributed by atoms with E-state index in [-0.39, 0.29) is 25.0 Å². The van der Waals surface area contributed by atoms with Crippen LogP contribution in [0.1, 0.15) is 65.7 Å². The van der Waals surface area contributed by atoms with Gasteiger partial charge in [0.2, 0.25) is 23.6 Å². The Bertz CT molecular complexity index is 1020. The number of hydrogen-bond donors (Lipinski definition) is 4. The molecular weight excluding hydrogens is 560 g/mol. The van der Waals surface area contributed by atoms with Crippen LogP contribution in [0.2, 0.25) is 0 Å². The van der Waals surface area contributed by atoms with Crippen molar-refractivity contribution in [1.82, 2.24) is 21.3 Å². The molecule has 3 rings (SSSR count). The van der Waals surface area contributed by atoms with Crippen LogP contribution in [0.15, 0.2) is 12.2 Å². The first-order valence-corrected chi connectivity index (χ1v) is 15.9. The van der Waals surface area contributed by atoms with Crippen LogP contribution in [0.25, 0.3) is 0 Å². The van der Waals surface area contributed by atoms with E-state index in [0.717, 1.165) is 0 Å². The Kier molecular flexibility index (Phi) is 11.3. The van der Waals surface area contributed by atoms with Crippen LogP contribution >= 0.6 is 21.6 Å². The number of carbonyl (C=O) groups excluding carboxylic acids is 6. The van der Waals surface area contributed by atoms with E-state index < -0.39 is 71.4 Å². The molecule has 0 unspecified atom stereocenters. The molecule has 2 bridgehead atoms. The Labute approximate surface area is 241 Å². The zero-order valence-electron chi connectivity index (χ0n) is 23.0. The Morgan fingerprint density at radius 2 is 1.85 bits per heavy atom. The summed E-state index contributed by atoms with van der Waals surface area (Å²) in [6, 6.07) is -2.17. The van der Waals surface area contributed by atoms with Crippen LogP contribution in [0.5, 0.6) is 0 Å². The van der Waals surface area contributed by atoms with Crippen molar-refractivity contribution < 1.29 is 38.2 Å². The maximum absolute atomic E-state index is 13.4. The highest BCUT2D eigenvalue weighted by Crippen LogP contribution is 2.32. The van der Waals surface area contributed by atoms with Crippen LogP contribution in [-0.2, 0) is 38.2 Å². The fraction of sp³-hybridized carbons (Fsp3) is 0.692. The van der Waals surface area contributed by atoms with Gasteiger partial charge in [-0.2, -0.15) is 0 Å². The lowest BCUT2D eigenvalue weighted by molar-refractivity contribution is -0.155. The van der Waals surface area contributed by atoms with Gasteiger partial charge in [0, 0.05) is 17.9 Å². The Hall–Kier alpha value is -2.74. The Balaban J connectivity index is 1.91. The van der Waals surface area contributed by atoms with E-state index >= 15 is 0 Å². The molecule has 0 aromatic heterocycles. The molecule has 222 valence electrons. The number of hydrogen-bond acceptors (Lipinski definition) is 10. The normalized spacial score (nSPS) is 26.8. The van der Waals surface area contributed by atoms with Crippen molar-refractivity contribution in [2.45, 2.75) is 95.0 Å². The van der Waals surface area contributed by atoms with Gasteiger partial charge in [0.15, 0.2) is 0 Å². The maximum atomic E-state index is 13.4. The van der Waals surface area contributed by atoms with Crippen molar-refractivity contribution in [3.05, 3.63) is 12.2 Å². The standard InChI is InChI=1S/C26H38N4O8S2/c1-25(2,3)38-20(32)9-8-17-22(34)29-18-15-40-39-12-5-4-7-16(13-19(31)28-17)37-21(33)14-27-24(36)26(10-6-11-26)30-23(18)35/h4,7,16-18H,5-6,8-15H2,1-3H3,(H,27,36)(H,28,31)(H,29,34)(H,30,35)/t16-,17-,18-/m1/s1. The summed E-state index contributed by atoms with van der Waals surface area (Å²) in [6.45, 7) is 4.75. The molecule has 1 saturated carbocycles. The number of carbonyl (C=O) groups is 6. The van der Waals surface area contributed by atoms with Gasteiger partial charge in [-0.1, -0.05) is 27.7 Å². The van der Waals surface area contributed by atoms with Crippen LogP contribution in [0.3, 0.4) is 0 Å². The van der Waals surface area contributed by atoms with E-state index in [2.05, 4.69) is 21.3 Å². The second-order valence-corrected chi connectivity index (χ2v) is 13.6. The minimum Gasteiger partial charge on any atom is -0.460 e. The largest absolute Gasteiger partial charge is 0.460 e. The van der Waals surface area contributed by atoms with Gasteiger partial charge in [-0.05, 0) is 59.0 Å². The molecule has 3 aliphatic rings. The summed E-state index contributed by atoms with van der Waals surface area (Å²) in [7, 11) is 2.90. The molecule has 0 radical (unpaired) electrons. The number of ether oxygens (including phenoxy) is 2. The molecule has 12 nitrogen and oxygen atoms in total. The molecule has 0 aromatic rings.